The Labute approximate surface area is 406 Å². The van der Waals surface area contributed by atoms with Gasteiger partial charge in [0, 0.05) is 7.11 Å². The summed E-state index contributed by atoms with van der Waals surface area (Å²) in [6.07, 6.45) is -6.33. The zero-order chi connectivity index (χ0) is 47.3. The molecule has 0 spiro atoms. The Balaban J connectivity index is 1.17. The predicted octanol–water partition coefficient (Wildman–Crippen LogP) is 9.81. The monoisotopic (exact) mass is 936 g/mol. The molecule has 2 heterocycles. The lowest BCUT2D eigenvalue weighted by molar-refractivity contribution is -0.376. The van der Waals surface area contributed by atoms with Gasteiger partial charge in [-0.05, 0) is 33.4 Å². The standard InChI is InChI=1S/C58H64O11/c1-3-34-62-53-51(63-37-45-26-14-6-15-27-45)49(41-60-35-43-22-10-4-11-23-43)68-58(55(53)65-39-47-30-18-8-19-31-47)69-54-52(64-38-46-28-16-7-17-29-46)50(42-61-36-44-24-12-5-13-25-44)67-57(59-2)56(54)66-40-48-32-20-9-21-33-48/h3-33,49-58H,1,34-42H2,2H3/t49-,50-,51+,52-,53+,54+,55-,56+,57+,58-/m1/s1. The third-order valence-electron chi connectivity index (χ3n) is 12.0. The van der Waals surface area contributed by atoms with Crippen molar-refractivity contribution in [1.82, 2.24) is 0 Å². The second kappa shape index (κ2) is 27.1. The maximum atomic E-state index is 7.45. The number of benzene rings is 6. The first-order valence-electron chi connectivity index (χ1n) is 23.7. The van der Waals surface area contributed by atoms with Gasteiger partial charge in [0.05, 0.1) is 59.5 Å². The van der Waals surface area contributed by atoms with Gasteiger partial charge in [-0.2, -0.15) is 0 Å². The van der Waals surface area contributed by atoms with Gasteiger partial charge >= 0.3 is 0 Å². The quantitative estimate of drug-likeness (QED) is 0.0486. The van der Waals surface area contributed by atoms with Gasteiger partial charge in [-0.15, -0.1) is 6.58 Å². The van der Waals surface area contributed by atoms with Crippen LogP contribution >= 0.6 is 0 Å². The molecule has 0 amide bonds. The van der Waals surface area contributed by atoms with E-state index in [0.29, 0.717) is 19.8 Å². The number of rotatable bonds is 26. The summed E-state index contributed by atoms with van der Waals surface area (Å²) in [7, 11) is 1.60. The van der Waals surface area contributed by atoms with E-state index in [0.717, 1.165) is 33.4 Å². The van der Waals surface area contributed by atoms with E-state index in [2.05, 4.69) is 6.58 Å². The van der Waals surface area contributed by atoms with E-state index in [1.807, 2.05) is 182 Å². The molecule has 0 aliphatic carbocycles. The fourth-order valence-corrected chi connectivity index (χ4v) is 8.56. The van der Waals surface area contributed by atoms with Crippen molar-refractivity contribution < 1.29 is 52.1 Å². The molecular weight excluding hydrogens is 873 g/mol. The van der Waals surface area contributed by atoms with Gasteiger partial charge in [0.25, 0.3) is 0 Å². The first-order chi connectivity index (χ1) is 34.1. The lowest BCUT2D eigenvalue weighted by atomic mass is 9.95. The van der Waals surface area contributed by atoms with E-state index in [1.165, 1.54) is 0 Å². The maximum Gasteiger partial charge on any atom is 0.187 e. The Morgan fingerprint density at radius 3 is 1.06 bits per heavy atom. The van der Waals surface area contributed by atoms with E-state index in [-0.39, 0.29) is 39.6 Å². The average Bonchev–Trinajstić information content (AvgIpc) is 3.40. The van der Waals surface area contributed by atoms with Crippen LogP contribution < -0.4 is 0 Å². The van der Waals surface area contributed by atoms with Crippen molar-refractivity contribution >= 4 is 0 Å². The second-order valence-electron chi connectivity index (χ2n) is 17.1. The van der Waals surface area contributed by atoms with Gasteiger partial charge in [0.15, 0.2) is 12.6 Å². The van der Waals surface area contributed by atoms with Crippen LogP contribution in [0.15, 0.2) is 195 Å². The number of hydrogen-bond donors (Lipinski definition) is 0. The molecule has 2 saturated heterocycles. The number of hydrogen-bond acceptors (Lipinski definition) is 11. The Hall–Kier alpha value is -5.38. The van der Waals surface area contributed by atoms with E-state index in [9.17, 15) is 0 Å². The molecule has 10 atom stereocenters. The Kier molecular flexibility index (Phi) is 19.7. The molecule has 2 fully saturated rings. The van der Waals surface area contributed by atoms with Crippen LogP contribution in [-0.4, -0.2) is 88.3 Å². The first-order valence-corrected chi connectivity index (χ1v) is 23.7. The second-order valence-corrected chi connectivity index (χ2v) is 17.1. The molecular formula is C58H64O11. The average molecular weight is 937 g/mol. The Bertz CT molecular complexity index is 2310. The van der Waals surface area contributed by atoms with Crippen molar-refractivity contribution in [3.05, 3.63) is 228 Å². The van der Waals surface area contributed by atoms with Crippen LogP contribution in [0.4, 0.5) is 0 Å². The van der Waals surface area contributed by atoms with Crippen LogP contribution in [-0.2, 0) is 91.7 Å². The molecule has 6 aromatic rings. The molecule has 2 aliphatic heterocycles. The van der Waals surface area contributed by atoms with Crippen molar-refractivity contribution in [3.63, 3.8) is 0 Å². The van der Waals surface area contributed by atoms with Crippen molar-refractivity contribution in [1.29, 1.82) is 0 Å². The smallest absolute Gasteiger partial charge is 0.187 e. The molecule has 0 N–H and O–H groups in total. The Morgan fingerprint density at radius 2 is 0.696 bits per heavy atom. The fourth-order valence-electron chi connectivity index (χ4n) is 8.56. The predicted molar refractivity (Wildman–Crippen MR) is 261 cm³/mol. The van der Waals surface area contributed by atoms with E-state index < -0.39 is 61.4 Å². The molecule has 2 aliphatic rings. The lowest BCUT2D eigenvalue weighted by Gasteiger charge is -2.50. The topological polar surface area (TPSA) is 102 Å². The molecule has 11 heteroatoms. The van der Waals surface area contributed by atoms with E-state index >= 15 is 0 Å². The van der Waals surface area contributed by atoms with Crippen LogP contribution in [0.5, 0.6) is 0 Å². The summed E-state index contributed by atoms with van der Waals surface area (Å²) in [5.41, 5.74) is 5.94. The SMILES string of the molecule is C=CCO[C@H]1[C@@H](OCc2ccccc2)[C@@H](COCc2ccccc2)O[C@H](O[C@@H]2[C@H](OCc3ccccc3)[C@@H](OC)O[C@H](COCc3ccccc3)[C@H]2OCc2ccccc2)[C@@H]1OCc1ccccc1. The van der Waals surface area contributed by atoms with Gasteiger partial charge in [-0.3, -0.25) is 0 Å². The van der Waals surface area contributed by atoms with Gasteiger partial charge < -0.3 is 52.1 Å². The molecule has 0 radical (unpaired) electrons. The summed E-state index contributed by atoms with van der Waals surface area (Å²) in [4.78, 5) is 0. The molecule has 11 nitrogen and oxygen atoms in total. The zero-order valence-corrected chi connectivity index (χ0v) is 39.2. The van der Waals surface area contributed by atoms with Gasteiger partial charge in [0.2, 0.25) is 0 Å². The largest absolute Gasteiger partial charge is 0.374 e. The van der Waals surface area contributed by atoms with Crippen LogP contribution in [0.1, 0.15) is 33.4 Å². The van der Waals surface area contributed by atoms with Crippen LogP contribution in [0.25, 0.3) is 0 Å². The molecule has 69 heavy (non-hydrogen) atoms. The van der Waals surface area contributed by atoms with Gasteiger partial charge in [-0.25, -0.2) is 0 Å². The highest BCUT2D eigenvalue weighted by atomic mass is 16.8. The third kappa shape index (κ3) is 14.8. The molecule has 0 bridgehead atoms. The lowest BCUT2D eigenvalue weighted by Crippen LogP contribution is -2.66. The van der Waals surface area contributed by atoms with Crippen LogP contribution in [0.2, 0.25) is 0 Å². The highest BCUT2D eigenvalue weighted by Gasteiger charge is 2.54. The summed E-state index contributed by atoms with van der Waals surface area (Å²) in [6.45, 7) is 6.27. The van der Waals surface area contributed by atoms with Gasteiger partial charge in [0.1, 0.15) is 48.8 Å². The van der Waals surface area contributed by atoms with E-state index in [1.54, 1.807) is 13.2 Å². The summed E-state index contributed by atoms with van der Waals surface area (Å²) < 4.78 is 74.8. The number of ether oxygens (including phenoxy) is 11. The summed E-state index contributed by atoms with van der Waals surface area (Å²) in [5.74, 6) is 0. The first kappa shape index (κ1) is 50.0. The zero-order valence-electron chi connectivity index (χ0n) is 39.2. The molecule has 6 aromatic carbocycles. The van der Waals surface area contributed by atoms with Crippen molar-refractivity contribution in [2.45, 2.75) is 101 Å². The van der Waals surface area contributed by atoms with Gasteiger partial charge in [-0.1, -0.05) is 188 Å². The van der Waals surface area contributed by atoms with Crippen LogP contribution in [0, 0.1) is 0 Å². The normalized spacial score (nSPS) is 24.7. The van der Waals surface area contributed by atoms with Crippen molar-refractivity contribution in [2.24, 2.45) is 0 Å². The summed E-state index contributed by atoms with van der Waals surface area (Å²) in [5, 5.41) is 0. The molecule has 362 valence electrons. The minimum atomic E-state index is -1.08. The third-order valence-corrected chi connectivity index (χ3v) is 12.0. The molecule has 8 rings (SSSR count). The highest BCUT2D eigenvalue weighted by molar-refractivity contribution is 5.18. The summed E-state index contributed by atoms with van der Waals surface area (Å²) >= 11 is 0. The molecule has 0 aromatic heterocycles. The Morgan fingerprint density at radius 1 is 0.377 bits per heavy atom. The molecule has 0 unspecified atom stereocenters. The van der Waals surface area contributed by atoms with E-state index in [4.69, 9.17) is 52.1 Å². The maximum absolute atomic E-state index is 7.45. The van der Waals surface area contributed by atoms with Crippen LogP contribution in [0.3, 0.4) is 0 Å². The minimum absolute atomic E-state index is 0.153. The number of methoxy groups -OCH3 is 1. The van der Waals surface area contributed by atoms with Crippen molar-refractivity contribution in [2.75, 3.05) is 26.9 Å². The molecule has 0 saturated carbocycles. The minimum Gasteiger partial charge on any atom is -0.374 e. The summed E-state index contributed by atoms with van der Waals surface area (Å²) in [6, 6.07) is 60.0. The fraction of sp³-hybridized carbons (Fsp3) is 0.345. The highest BCUT2D eigenvalue weighted by Crippen LogP contribution is 2.37. The van der Waals surface area contributed by atoms with Crippen molar-refractivity contribution in [3.8, 4) is 0 Å².